The van der Waals surface area contributed by atoms with Crippen LogP contribution in [0, 0.1) is 0 Å². The highest BCUT2D eigenvalue weighted by molar-refractivity contribution is 7.13. The molecule has 0 saturated carbocycles. The van der Waals surface area contributed by atoms with Gasteiger partial charge in [0.15, 0.2) is 0 Å². The van der Waals surface area contributed by atoms with Crippen molar-refractivity contribution in [3.05, 3.63) is 53.5 Å². The largest absolute Gasteiger partial charge is 0.345 e. The summed E-state index contributed by atoms with van der Waals surface area (Å²) in [6.07, 6.45) is 3.25. The zero-order chi connectivity index (χ0) is 21.9. The summed E-state index contributed by atoms with van der Waals surface area (Å²) in [6, 6.07) is 9.35. The van der Waals surface area contributed by atoms with Crippen LogP contribution in [0.15, 0.2) is 46.6 Å². The number of aryl methyl sites for hydroxylation is 1. The molecule has 1 aliphatic rings. The Morgan fingerprint density at radius 1 is 1.12 bits per heavy atom. The van der Waals surface area contributed by atoms with Crippen LogP contribution in [0.2, 0.25) is 0 Å². The number of aromatic nitrogens is 4. The van der Waals surface area contributed by atoms with Gasteiger partial charge >= 0.3 is 0 Å². The molecule has 32 heavy (non-hydrogen) atoms. The van der Waals surface area contributed by atoms with Crippen molar-refractivity contribution < 1.29 is 14.1 Å². The number of carbonyl (C=O) groups excluding carboxylic acids is 2. The first-order valence-corrected chi connectivity index (χ1v) is 11.4. The van der Waals surface area contributed by atoms with Gasteiger partial charge in [-0.05, 0) is 36.1 Å². The van der Waals surface area contributed by atoms with Crippen LogP contribution in [0.25, 0.3) is 21.7 Å². The van der Waals surface area contributed by atoms with Gasteiger partial charge in [0.05, 0.1) is 22.2 Å². The molecule has 5 rings (SSSR count). The first kappa shape index (κ1) is 20.4. The topological polar surface area (TPSA) is 108 Å². The third-order valence-corrected chi connectivity index (χ3v) is 6.44. The summed E-state index contributed by atoms with van der Waals surface area (Å²) >= 11 is 1.56. The Morgan fingerprint density at radius 2 is 1.97 bits per heavy atom. The summed E-state index contributed by atoms with van der Waals surface area (Å²) in [6.45, 7) is 2.14. The van der Waals surface area contributed by atoms with Crippen molar-refractivity contribution in [3.8, 4) is 10.7 Å². The lowest BCUT2D eigenvalue weighted by molar-refractivity contribution is -0.132. The molecule has 0 unspecified atom stereocenters. The molecule has 9 nitrogen and oxygen atoms in total. The van der Waals surface area contributed by atoms with Gasteiger partial charge in [-0.15, -0.1) is 11.3 Å². The maximum absolute atomic E-state index is 12.8. The molecule has 0 bridgehead atoms. The molecule has 1 aliphatic heterocycles. The molecule has 1 N–H and O–H groups in total. The standard InChI is InChI=1S/C22H22N6O3S/c29-20(5-1-4-19-25-21(26-31-19)18-3-2-12-32-18)27-8-10-28(11-9-27)22(30)15-6-7-16-17(13-15)24-14-23-16/h2-3,6-7,12-14H,1,4-5,8-11H2,(H,23,24). The molecule has 1 aromatic carbocycles. The average molecular weight is 451 g/mol. The van der Waals surface area contributed by atoms with Crippen LogP contribution in [-0.4, -0.2) is 67.9 Å². The minimum absolute atomic E-state index is 0.0217. The molecule has 4 heterocycles. The van der Waals surface area contributed by atoms with Crippen molar-refractivity contribution in [2.24, 2.45) is 0 Å². The smallest absolute Gasteiger partial charge is 0.254 e. The minimum Gasteiger partial charge on any atom is -0.345 e. The van der Waals surface area contributed by atoms with Crippen molar-refractivity contribution in [2.75, 3.05) is 26.2 Å². The number of amides is 2. The Kier molecular flexibility index (Phi) is 5.68. The lowest BCUT2D eigenvalue weighted by Crippen LogP contribution is -2.50. The Balaban J connectivity index is 1.08. The second-order valence-corrected chi connectivity index (χ2v) is 8.60. The van der Waals surface area contributed by atoms with Gasteiger partial charge in [0, 0.05) is 44.6 Å². The van der Waals surface area contributed by atoms with Crippen molar-refractivity contribution in [1.29, 1.82) is 0 Å². The highest BCUT2D eigenvalue weighted by atomic mass is 32.1. The molecule has 164 valence electrons. The third-order valence-electron chi connectivity index (χ3n) is 5.58. The third kappa shape index (κ3) is 4.26. The van der Waals surface area contributed by atoms with Gasteiger partial charge in [-0.1, -0.05) is 11.2 Å². The number of fused-ring (bicyclic) bond motifs is 1. The van der Waals surface area contributed by atoms with Crippen molar-refractivity contribution in [3.63, 3.8) is 0 Å². The number of carbonyl (C=O) groups is 2. The number of benzene rings is 1. The second-order valence-electron chi connectivity index (χ2n) is 7.65. The van der Waals surface area contributed by atoms with Crippen LogP contribution < -0.4 is 0 Å². The first-order valence-electron chi connectivity index (χ1n) is 10.5. The predicted molar refractivity (Wildman–Crippen MR) is 119 cm³/mol. The number of nitrogens with one attached hydrogen (secondary N) is 1. The van der Waals surface area contributed by atoms with E-state index < -0.39 is 0 Å². The number of rotatable bonds is 6. The summed E-state index contributed by atoms with van der Waals surface area (Å²) in [5.41, 5.74) is 2.30. The van der Waals surface area contributed by atoms with E-state index in [1.54, 1.807) is 28.6 Å². The Labute approximate surface area is 188 Å². The molecular formula is C22H22N6O3S. The van der Waals surface area contributed by atoms with Crippen molar-refractivity contribution in [1.82, 2.24) is 29.9 Å². The van der Waals surface area contributed by atoms with Gasteiger partial charge in [-0.25, -0.2) is 4.98 Å². The fraction of sp³-hybridized carbons (Fsp3) is 0.318. The number of imidazole rings is 1. The van der Waals surface area contributed by atoms with Gasteiger partial charge in [0.2, 0.25) is 17.6 Å². The number of piperazine rings is 1. The number of hydrogen-bond acceptors (Lipinski definition) is 7. The summed E-state index contributed by atoms with van der Waals surface area (Å²) < 4.78 is 5.29. The fourth-order valence-electron chi connectivity index (χ4n) is 3.82. The zero-order valence-electron chi connectivity index (χ0n) is 17.4. The number of hydrogen-bond donors (Lipinski definition) is 1. The van der Waals surface area contributed by atoms with E-state index in [2.05, 4.69) is 20.1 Å². The van der Waals surface area contributed by atoms with E-state index in [9.17, 15) is 9.59 Å². The highest BCUT2D eigenvalue weighted by Crippen LogP contribution is 2.22. The predicted octanol–water partition coefficient (Wildman–Crippen LogP) is 2.98. The van der Waals surface area contributed by atoms with E-state index in [0.717, 1.165) is 15.9 Å². The molecular weight excluding hydrogens is 428 g/mol. The molecule has 0 radical (unpaired) electrons. The van der Waals surface area contributed by atoms with Gasteiger partial charge in [-0.2, -0.15) is 4.98 Å². The maximum atomic E-state index is 12.8. The van der Waals surface area contributed by atoms with E-state index in [1.807, 2.05) is 34.5 Å². The number of thiophene rings is 1. The second kappa shape index (κ2) is 8.91. The van der Waals surface area contributed by atoms with E-state index in [1.165, 1.54) is 0 Å². The van der Waals surface area contributed by atoms with Crippen LogP contribution in [0.3, 0.4) is 0 Å². The molecule has 0 aliphatic carbocycles. The van der Waals surface area contributed by atoms with E-state index in [4.69, 9.17) is 4.52 Å². The monoisotopic (exact) mass is 450 g/mol. The highest BCUT2D eigenvalue weighted by Gasteiger charge is 2.25. The SMILES string of the molecule is O=C(CCCc1nc(-c2cccs2)no1)N1CCN(C(=O)c2ccc3nc[nH]c3c2)CC1. The molecule has 0 atom stereocenters. The Morgan fingerprint density at radius 3 is 2.78 bits per heavy atom. The van der Waals surface area contributed by atoms with Crippen LogP contribution in [-0.2, 0) is 11.2 Å². The van der Waals surface area contributed by atoms with E-state index >= 15 is 0 Å². The lowest BCUT2D eigenvalue weighted by Gasteiger charge is -2.35. The van der Waals surface area contributed by atoms with Crippen LogP contribution in [0.5, 0.6) is 0 Å². The summed E-state index contributed by atoms with van der Waals surface area (Å²) in [7, 11) is 0. The van der Waals surface area contributed by atoms with Gasteiger partial charge in [-0.3, -0.25) is 9.59 Å². The number of aromatic amines is 1. The zero-order valence-corrected chi connectivity index (χ0v) is 18.2. The Bertz CT molecular complexity index is 1220. The fourth-order valence-corrected chi connectivity index (χ4v) is 4.47. The molecule has 4 aromatic rings. The molecule has 1 fully saturated rings. The Hall–Kier alpha value is -3.53. The average Bonchev–Trinajstić information content (AvgIpc) is 3.59. The first-order chi connectivity index (χ1) is 15.7. The van der Waals surface area contributed by atoms with Crippen LogP contribution >= 0.6 is 11.3 Å². The van der Waals surface area contributed by atoms with Crippen molar-refractivity contribution >= 4 is 34.2 Å². The summed E-state index contributed by atoms with van der Waals surface area (Å²) in [5.74, 6) is 1.21. The van der Waals surface area contributed by atoms with Crippen molar-refractivity contribution in [2.45, 2.75) is 19.3 Å². The molecule has 10 heteroatoms. The molecule has 1 saturated heterocycles. The van der Waals surface area contributed by atoms with Crippen LogP contribution in [0.4, 0.5) is 0 Å². The maximum Gasteiger partial charge on any atom is 0.254 e. The lowest BCUT2D eigenvalue weighted by atomic mass is 10.1. The van der Waals surface area contributed by atoms with Gasteiger partial charge in [0.25, 0.3) is 5.91 Å². The minimum atomic E-state index is -0.0217. The molecule has 3 aromatic heterocycles. The molecule has 2 amide bonds. The summed E-state index contributed by atoms with van der Waals surface area (Å²) in [5, 5.41) is 5.96. The normalized spacial score (nSPS) is 14.2. The summed E-state index contributed by atoms with van der Waals surface area (Å²) in [4.78, 5) is 41.6. The molecule has 0 spiro atoms. The quantitative estimate of drug-likeness (QED) is 0.484. The number of nitrogens with zero attached hydrogens (tertiary/aromatic N) is 5. The van der Waals surface area contributed by atoms with Gasteiger partial charge in [0.1, 0.15) is 0 Å². The van der Waals surface area contributed by atoms with Gasteiger partial charge < -0.3 is 19.3 Å². The van der Waals surface area contributed by atoms with E-state index in [-0.39, 0.29) is 11.8 Å². The number of H-pyrrole nitrogens is 1. The van der Waals surface area contributed by atoms with E-state index in [0.29, 0.717) is 62.7 Å². The van der Waals surface area contributed by atoms with Crippen LogP contribution in [0.1, 0.15) is 29.1 Å².